The van der Waals surface area contributed by atoms with E-state index in [1.807, 2.05) is 11.7 Å². The highest BCUT2D eigenvalue weighted by Gasteiger charge is 2.25. The summed E-state index contributed by atoms with van der Waals surface area (Å²) in [5.74, 6) is 2.48. The molecule has 0 N–H and O–H groups in total. The lowest BCUT2D eigenvalue weighted by molar-refractivity contribution is 0.377. The lowest BCUT2D eigenvalue weighted by Gasteiger charge is -2.28. The Kier molecular flexibility index (Phi) is 3.13. The van der Waals surface area contributed by atoms with Crippen LogP contribution in [-0.4, -0.2) is 14.8 Å². The van der Waals surface area contributed by atoms with Gasteiger partial charge in [-0.3, -0.25) is 4.68 Å². The average molecular weight is 241 g/mol. The Morgan fingerprint density at radius 2 is 1.67 bits per heavy atom. The Bertz CT molecular complexity index is 495. The molecule has 0 bridgehead atoms. The lowest BCUT2D eigenvalue weighted by Crippen LogP contribution is -2.15. The van der Waals surface area contributed by atoms with Crippen molar-refractivity contribution in [1.29, 1.82) is 0 Å². The van der Waals surface area contributed by atoms with Crippen molar-refractivity contribution in [2.75, 3.05) is 0 Å². The summed E-state index contributed by atoms with van der Waals surface area (Å²) < 4.78 is 1.92. The second kappa shape index (κ2) is 4.92. The molecule has 1 aromatic carbocycles. The largest absolute Gasteiger partial charge is 0.253 e. The molecule has 1 saturated carbocycles. The van der Waals surface area contributed by atoms with Gasteiger partial charge in [-0.15, -0.1) is 0 Å². The van der Waals surface area contributed by atoms with Crippen LogP contribution in [0, 0.1) is 0 Å². The molecule has 2 aromatic rings. The van der Waals surface area contributed by atoms with Crippen molar-refractivity contribution < 1.29 is 0 Å². The van der Waals surface area contributed by atoms with E-state index in [1.54, 1.807) is 6.33 Å². The molecule has 1 aromatic heterocycles. The lowest BCUT2D eigenvalue weighted by atomic mass is 9.78. The maximum Gasteiger partial charge on any atom is 0.138 e. The van der Waals surface area contributed by atoms with Crippen LogP contribution in [0.25, 0.3) is 0 Å². The van der Waals surface area contributed by atoms with Gasteiger partial charge in [0, 0.05) is 13.0 Å². The SMILES string of the molecule is Cn1ncnc1C1CCC(c2ccccc2)CC1. The summed E-state index contributed by atoms with van der Waals surface area (Å²) in [6.45, 7) is 0. The Balaban J connectivity index is 1.67. The molecule has 0 unspecified atom stereocenters. The van der Waals surface area contributed by atoms with E-state index in [9.17, 15) is 0 Å². The molecule has 0 saturated heterocycles. The molecule has 0 atom stereocenters. The summed E-state index contributed by atoms with van der Waals surface area (Å²) in [4.78, 5) is 4.39. The number of aromatic nitrogens is 3. The third kappa shape index (κ3) is 2.17. The van der Waals surface area contributed by atoms with Crippen LogP contribution in [0.15, 0.2) is 36.7 Å². The van der Waals surface area contributed by atoms with E-state index in [-0.39, 0.29) is 0 Å². The molecular weight excluding hydrogens is 222 g/mol. The highest BCUT2D eigenvalue weighted by Crippen LogP contribution is 2.39. The molecule has 1 aliphatic carbocycles. The third-order valence-corrected chi connectivity index (χ3v) is 4.11. The number of aryl methyl sites for hydroxylation is 1. The Labute approximate surface area is 108 Å². The first-order chi connectivity index (χ1) is 8.84. The fourth-order valence-electron chi connectivity index (χ4n) is 3.08. The topological polar surface area (TPSA) is 30.7 Å². The van der Waals surface area contributed by atoms with Crippen LogP contribution in [0.3, 0.4) is 0 Å². The van der Waals surface area contributed by atoms with Gasteiger partial charge < -0.3 is 0 Å². The van der Waals surface area contributed by atoms with Gasteiger partial charge >= 0.3 is 0 Å². The van der Waals surface area contributed by atoms with Crippen LogP contribution in [0.1, 0.15) is 48.9 Å². The normalized spacial score (nSPS) is 24.1. The third-order valence-electron chi connectivity index (χ3n) is 4.11. The van der Waals surface area contributed by atoms with Gasteiger partial charge in [0.25, 0.3) is 0 Å². The number of benzene rings is 1. The number of hydrogen-bond acceptors (Lipinski definition) is 2. The molecule has 3 rings (SSSR count). The molecule has 18 heavy (non-hydrogen) atoms. The molecule has 1 aliphatic rings. The van der Waals surface area contributed by atoms with Crippen LogP contribution in [0.2, 0.25) is 0 Å². The minimum absolute atomic E-state index is 0.595. The Hall–Kier alpha value is -1.64. The molecule has 0 aliphatic heterocycles. The van der Waals surface area contributed by atoms with E-state index in [0.29, 0.717) is 5.92 Å². The summed E-state index contributed by atoms with van der Waals surface area (Å²) >= 11 is 0. The summed E-state index contributed by atoms with van der Waals surface area (Å²) in [5.41, 5.74) is 1.49. The van der Waals surface area contributed by atoms with Gasteiger partial charge in [0.05, 0.1) is 0 Å². The fourth-order valence-corrected chi connectivity index (χ4v) is 3.08. The molecule has 0 spiro atoms. The first kappa shape index (κ1) is 11.5. The zero-order valence-electron chi connectivity index (χ0n) is 10.8. The van der Waals surface area contributed by atoms with E-state index in [1.165, 1.54) is 31.2 Å². The van der Waals surface area contributed by atoms with Crippen LogP contribution >= 0.6 is 0 Å². The summed E-state index contributed by atoms with van der Waals surface area (Å²) in [6.07, 6.45) is 6.65. The van der Waals surface area contributed by atoms with Gasteiger partial charge in [-0.1, -0.05) is 30.3 Å². The predicted molar refractivity (Wildman–Crippen MR) is 71.4 cm³/mol. The van der Waals surface area contributed by atoms with Gasteiger partial charge in [0.1, 0.15) is 12.2 Å². The zero-order valence-corrected chi connectivity index (χ0v) is 10.8. The van der Waals surface area contributed by atoms with E-state index < -0.39 is 0 Å². The highest BCUT2D eigenvalue weighted by molar-refractivity contribution is 5.20. The van der Waals surface area contributed by atoms with Crippen molar-refractivity contribution in [2.24, 2.45) is 7.05 Å². The quantitative estimate of drug-likeness (QED) is 0.808. The van der Waals surface area contributed by atoms with Crippen LogP contribution in [0.4, 0.5) is 0 Å². The molecule has 3 heteroatoms. The van der Waals surface area contributed by atoms with Crippen molar-refractivity contribution >= 4 is 0 Å². The minimum atomic E-state index is 0.595. The van der Waals surface area contributed by atoms with Crippen LogP contribution in [0.5, 0.6) is 0 Å². The van der Waals surface area contributed by atoms with E-state index in [0.717, 1.165) is 11.7 Å². The molecule has 3 nitrogen and oxygen atoms in total. The van der Waals surface area contributed by atoms with E-state index in [2.05, 4.69) is 40.4 Å². The summed E-state index contributed by atoms with van der Waals surface area (Å²) in [6, 6.07) is 10.9. The molecule has 1 fully saturated rings. The van der Waals surface area contributed by atoms with E-state index >= 15 is 0 Å². The molecule has 0 amide bonds. The first-order valence-electron chi connectivity index (χ1n) is 6.73. The van der Waals surface area contributed by atoms with Crippen molar-refractivity contribution in [3.05, 3.63) is 48.0 Å². The number of hydrogen-bond donors (Lipinski definition) is 0. The maximum atomic E-state index is 4.39. The molecular formula is C15H19N3. The Morgan fingerprint density at radius 3 is 2.28 bits per heavy atom. The monoisotopic (exact) mass is 241 g/mol. The highest BCUT2D eigenvalue weighted by atomic mass is 15.3. The van der Waals surface area contributed by atoms with Gasteiger partial charge in [-0.2, -0.15) is 5.10 Å². The minimum Gasteiger partial charge on any atom is -0.253 e. The molecule has 94 valence electrons. The van der Waals surface area contributed by atoms with Crippen LogP contribution < -0.4 is 0 Å². The average Bonchev–Trinajstić information content (AvgIpc) is 2.86. The first-order valence-corrected chi connectivity index (χ1v) is 6.73. The second-order valence-electron chi connectivity index (χ2n) is 5.20. The van der Waals surface area contributed by atoms with Gasteiger partial charge in [-0.05, 0) is 37.2 Å². The van der Waals surface area contributed by atoms with Gasteiger partial charge in [0.15, 0.2) is 0 Å². The Morgan fingerprint density at radius 1 is 1.00 bits per heavy atom. The molecule has 0 radical (unpaired) electrons. The smallest absolute Gasteiger partial charge is 0.138 e. The fraction of sp³-hybridized carbons (Fsp3) is 0.467. The maximum absolute atomic E-state index is 4.39. The number of rotatable bonds is 2. The van der Waals surface area contributed by atoms with Crippen LogP contribution in [-0.2, 0) is 7.05 Å². The summed E-state index contributed by atoms with van der Waals surface area (Å²) in [7, 11) is 1.99. The second-order valence-corrected chi connectivity index (χ2v) is 5.20. The standard InChI is InChI=1S/C15H19N3/c1-18-15(16-11-17-18)14-9-7-13(8-10-14)12-5-3-2-4-6-12/h2-6,11,13-14H,7-10H2,1H3. The van der Waals surface area contributed by atoms with Gasteiger partial charge in [0.2, 0.25) is 0 Å². The van der Waals surface area contributed by atoms with Gasteiger partial charge in [-0.25, -0.2) is 4.98 Å². The zero-order chi connectivity index (χ0) is 12.4. The van der Waals surface area contributed by atoms with Crippen molar-refractivity contribution in [3.63, 3.8) is 0 Å². The molecule has 1 heterocycles. The number of nitrogens with zero attached hydrogens (tertiary/aromatic N) is 3. The van der Waals surface area contributed by atoms with Crippen molar-refractivity contribution in [3.8, 4) is 0 Å². The predicted octanol–water partition coefficient (Wildman–Crippen LogP) is 3.26. The summed E-state index contributed by atoms with van der Waals surface area (Å²) in [5, 5.41) is 4.17. The van der Waals surface area contributed by atoms with Crippen molar-refractivity contribution in [1.82, 2.24) is 14.8 Å². The van der Waals surface area contributed by atoms with E-state index in [4.69, 9.17) is 0 Å². The van der Waals surface area contributed by atoms with Crippen molar-refractivity contribution in [2.45, 2.75) is 37.5 Å².